The van der Waals surface area contributed by atoms with Crippen LogP contribution in [0, 0.1) is 5.92 Å². The maximum absolute atomic E-state index is 13.7. The van der Waals surface area contributed by atoms with Gasteiger partial charge in [-0.2, -0.15) is 0 Å². The molecule has 0 bridgehead atoms. The molecule has 3 fully saturated rings. The first-order valence-corrected chi connectivity index (χ1v) is 13.3. The summed E-state index contributed by atoms with van der Waals surface area (Å²) < 4.78 is 5.80. The van der Waals surface area contributed by atoms with Crippen LogP contribution in [0.3, 0.4) is 0 Å². The van der Waals surface area contributed by atoms with Gasteiger partial charge in [-0.05, 0) is 55.4 Å². The van der Waals surface area contributed by atoms with Gasteiger partial charge in [0.1, 0.15) is 6.54 Å². The molecule has 8 heteroatoms. The fraction of sp³-hybridized carbons (Fsp3) is 0.483. The zero-order valence-electron chi connectivity index (χ0n) is 21.5. The van der Waals surface area contributed by atoms with Gasteiger partial charge in [0.15, 0.2) is 0 Å². The third-order valence-corrected chi connectivity index (χ3v) is 8.66. The van der Waals surface area contributed by atoms with Gasteiger partial charge in [-0.1, -0.05) is 36.4 Å². The molecule has 194 valence electrons. The number of ether oxygens (including phenoxy) is 1. The van der Waals surface area contributed by atoms with Crippen LogP contribution in [0.5, 0.6) is 0 Å². The van der Waals surface area contributed by atoms with Gasteiger partial charge in [0, 0.05) is 50.4 Å². The van der Waals surface area contributed by atoms with Crippen molar-refractivity contribution in [1.29, 1.82) is 0 Å². The molecular formula is C29H34N4O4. The molecule has 6 rings (SSSR count). The molecule has 1 saturated carbocycles. The van der Waals surface area contributed by atoms with Gasteiger partial charge in [-0.25, -0.2) is 9.69 Å². The Balaban J connectivity index is 1.21. The van der Waals surface area contributed by atoms with Crippen LogP contribution in [-0.4, -0.2) is 66.5 Å². The van der Waals surface area contributed by atoms with E-state index < -0.39 is 17.6 Å². The molecular weight excluding hydrogens is 468 g/mol. The normalized spacial score (nSPS) is 23.6. The minimum Gasteiger partial charge on any atom is -0.427 e. The highest BCUT2D eigenvalue weighted by molar-refractivity contribution is 6.06. The molecule has 2 aromatic rings. The van der Waals surface area contributed by atoms with E-state index in [0.717, 1.165) is 53.2 Å². The maximum Gasteiger partial charge on any atom is 0.418 e. The number of aryl methyl sites for hydroxylation is 1. The molecule has 1 spiro atoms. The second-order valence-corrected chi connectivity index (χ2v) is 10.9. The highest BCUT2D eigenvalue weighted by atomic mass is 16.6. The van der Waals surface area contributed by atoms with Crippen LogP contribution in [0.25, 0.3) is 0 Å². The fourth-order valence-corrected chi connectivity index (χ4v) is 5.92. The summed E-state index contributed by atoms with van der Waals surface area (Å²) in [5.41, 5.74) is 2.57. The molecule has 4 aliphatic rings. The van der Waals surface area contributed by atoms with Crippen LogP contribution in [0.15, 0.2) is 48.5 Å². The van der Waals surface area contributed by atoms with Crippen LogP contribution in [-0.2, 0) is 32.9 Å². The second kappa shape index (κ2) is 9.17. The predicted molar refractivity (Wildman–Crippen MR) is 139 cm³/mol. The molecule has 2 aliphatic carbocycles. The van der Waals surface area contributed by atoms with E-state index in [9.17, 15) is 14.4 Å². The van der Waals surface area contributed by atoms with Crippen molar-refractivity contribution in [2.75, 3.05) is 31.6 Å². The van der Waals surface area contributed by atoms with Gasteiger partial charge < -0.3 is 19.9 Å². The Labute approximate surface area is 217 Å². The van der Waals surface area contributed by atoms with Gasteiger partial charge in [-0.15, -0.1) is 0 Å². The number of anilines is 1. The minimum atomic E-state index is -1.33. The van der Waals surface area contributed by atoms with Crippen LogP contribution in [0.1, 0.15) is 42.9 Å². The van der Waals surface area contributed by atoms with E-state index in [4.69, 9.17) is 4.74 Å². The lowest BCUT2D eigenvalue weighted by atomic mass is 9.94. The second-order valence-electron chi connectivity index (χ2n) is 10.9. The average molecular weight is 503 g/mol. The lowest BCUT2D eigenvalue weighted by molar-refractivity contribution is -0.143. The Kier molecular flexibility index (Phi) is 5.94. The van der Waals surface area contributed by atoms with E-state index in [1.54, 1.807) is 0 Å². The van der Waals surface area contributed by atoms with Crippen LogP contribution in [0.2, 0.25) is 0 Å². The van der Waals surface area contributed by atoms with Crippen molar-refractivity contribution in [3.63, 3.8) is 0 Å². The van der Waals surface area contributed by atoms with E-state index in [0.29, 0.717) is 31.3 Å². The molecule has 2 saturated heterocycles. The monoisotopic (exact) mass is 502 g/mol. The molecule has 0 radical (unpaired) electrons. The predicted octanol–water partition coefficient (Wildman–Crippen LogP) is 3.04. The highest BCUT2D eigenvalue weighted by Crippen LogP contribution is 2.46. The third kappa shape index (κ3) is 4.17. The smallest absolute Gasteiger partial charge is 0.418 e. The third-order valence-electron chi connectivity index (χ3n) is 8.66. The summed E-state index contributed by atoms with van der Waals surface area (Å²) in [5.74, 6) is -0.187. The van der Waals surface area contributed by atoms with Gasteiger partial charge in [0.2, 0.25) is 11.5 Å². The number of nitrogens with one attached hydrogen (secondary N) is 1. The Morgan fingerprint density at radius 1 is 1.16 bits per heavy atom. The zero-order valence-corrected chi connectivity index (χ0v) is 21.5. The summed E-state index contributed by atoms with van der Waals surface area (Å²) in [6.07, 6.45) is 2.52. The number of hydrogen-bond donors (Lipinski definition) is 1. The van der Waals surface area contributed by atoms with Crippen molar-refractivity contribution in [2.45, 2.75) is 56.8 Å². The Bertz CT molecular complexity index is 1230. The average Bonchev–Trinajstić information content (AvgIpc) is 3.62. The van der Waals surface area contributed by atoms with Gasteiger partial charge in [0.05, 0.1) is 6.04 Å². The van der Waals surface area contributed by atoms with Gasteiger partial charge in [-0.3, -0.25) is 9.59 Å². The summed E-state index contributed by atoms with van der Waals surface area (Å²) in [6.45, 7) is 4.13. The van der Waals surface area contributed by atoms with Crippen LogP contribution >= 0.6 is 0 Å². The van der Waals surface area contributed by atoms with Crippen molar-refractivity contribution in [3.05, 3.63) is 65.2 Å². The standard InChI is InChI=1S/C29H34N4O4/c1-19(21-8-9-21)32(17-20-6-4-3-5-7-20)26(34)18-33-27(35)29(37-28(33)36)13-12-22-14-23(10-11-25(22)29)31(2)24-15-30-16-24/h3-7,10-11,14,19,21,24,30H,8-9,12-13,15-18H2,1-2H3/t19-,29?/m0/s1. The van der Waals surface area contributed by atoms with E-state index in [1.165, 1.54) is 0 Å². The highest BCUT2D eigenvalue weighted by Gasteiger charge is 2.58. The number of likely N-dealkylation sites (N-methyl/N-ethyl adjacent to an activating group) is 1. The first kappa shape index (κ1) is 24.0. The Hall–Kier alpha value is -3.39. The molecule has 2 aliphatic heterocycles. The van der Waals surface area contributed by atoms with Crippen molar-refractivity contribution < 1.29 is 19.1 Å². The number of nitrogens with zero attached hydrogens (tertiary/aromatic N) is 3. The van der Waals surface area contributed by atoms with Crippen molar-refractivity contribution in [2.24, 2.45) is 5.92 Å². The topological polar surface area (TPSA) is 82.2 Å². The number of imide groups is 1. The number of carbonyl (C=O) groups is 3. The molecule has 8 nitrogen and oxygen atoms in total. The SMILES string of the molecule is C[C@@H](C1CC1)N(Cc1ccccc1)C(=O)CN1C(=O)OC2(CCc3cc(N(C)C4CNC4)ccc32)C1=O. The maximum atomic E-state index is 13.7. The minimum absolute atomic E-state index is 0.0453. The van der Waals surface area contributed by atoms with Crippen molar-refractivity contribution >= 4 is 23.6 Å². The Morgan fingerprint density at radius 2 is 1.92 bits per heavy atom. The first-order chi connectivity index (χ1) is 17.9. The number of rotatable bonds is 8. The van der Waals surface area contributed by atoms with Gasteiger partial charge in [0.25, 0.3) is 5.91 Å². The quantitative estimate of drug-likeness (QED) is 0.598. The molecule has 2 aromatic carbocycles. The number of amides is 3. The molecule has 1 unspecified atom stereocenters. The largest absolute Gasteiger partial charge is 0.427 e. The number of fused-ring (bicyclic) bond motifs is 2. The summed E-state index contributed by atoms with van der Waals surface area (Å²) in [6, 6.07) is 16.4. The number of carbonyl (C=O) groups excluding carboxylic acids is 3. The molecule has 3 amide bonds. The summed E-state index contributed by atoms with van der Waals surface area (Å²) in [5, 5.41) is 3.29. The van der Waals surface area contributed by atoms with E-state index >= 15 is 0 Å². The lowest BCUT2D eigenvalue weighted by Gasteiger charge is -2.37. The molecule has 2 heterocycles. The number of benzene rings is 2. The van der Waals surface area contributed by atoms with E-state index in [-0.39, 0.29) is 18.5 Å². The van der Waals surface area contributed by atoms with Gasteiger partial charge >= 0.3 is 6.09 Å². The Morgan fingerprint density at radius 3 is 2.59 bits per heavy atom. The molecule has 1 N–H and O–H groups in total. The molecule has 2 atom stereocenters. The zero-order chi connectivity index (χ0) is 25.7. The molecule has 37 heavy (non-hydrogen) atoms. The fourth-order valence-electron chi connectivity index (χ4n) is 5.92. The lowest BCUT2D eigenvalue weighted by Crippen LogP contribution is -2.56. The van der Waals surface area contributed by atoms with E-state index in [2.05, 4.69) is 30.3 Å². The van der Waals surface area contributed by atoms with Crippen molar-refractivity contribution in [1.82, 2.24) is 15.1 Å². The summed E-state index contributed by atoms with van der Waals surface area (Å²) in [7, 11) is 2.08. The summed E-state index contributed by atoms with van der Waals surface area (Å²) >= 11 is 0. The number of hydrogen-bond acceptors (Lipinski definition) is 6. The van der Waals surface area contributed by atoms with Crippen LogP contribution in [0.4, 0.5) is 10.5 Å². The van der Waals surface area contributed by atoms with Crippen LogP contribution < -0.4 is 10.2 Å². The van der Waals surface area contributed by atoms with E-state index in [1.807, 2.05) is 47.4 Å². The van der Waals surface area contributed by atoms with Crippen molar-refractivity contribution in [3.8, 4) is 0 Å². The summed E-state index contributed by atoms with van der Waals surface area (Å²) in [4.78, 5) is 45.3. The first-order valence-electron chi connectivity index (χ1n) is 13.3. The molecule has 0 aromatic heterocycles.